The van der Waals surface area contributed by atoms with Crippen molar-refractivity contribution in [2.24, 2.45) is 5.73 Å². The number of nitrogens with two attached hydrogens (primary N) is 1. The highest BCUT2D eigenvalue weighted by Crippen LogP contribution is 2.30. The van der Waals surface area contributed by atoms with Crippen molar-refractivity contribution < 1.29 is 4.74 Å². The zero-order chi connectivity index (χ0) is 14.0. The number of pyridine rings is 1. The number of rotatable bonds is 3. The Morgan fingerprint density at radius 2 is 1.79 bits per heavy atom. The Hall–Kier alpha value is -1.39. The number of hydrogen-bond acceptors (Lipinski definition) is 3. The Morgan fingerprint density at radius 3 is 2.37 bits per heavy atom. The first-order valence-corrected chi connectivity index (χ1v) is 6.91. The predicted octanol–water partition coefficient (Wildman–Crippen LogP) is 4.02. The molecule has 0 aliphatic heterocycles. The summed E-state index contributed by atoms with van der Waals surface area (Å²) in [5, 5.41) is 0. The van der Waals surface area contributed by atoms with E-state index in [2.05, 4.69) is 20.9 Å². The van der Waals surface area contributed by atoms with Gasteiger partial charge >= 0.3 is 0 Å². The van der Waals surface area contributed by atoms with Gasteiger partial charge in [0.05, 0.1) is 0 Å². The third-order valence-electron chi connectivity index (χ3n) is 3.08. The SMILES string of the molecule is Cc1cc(Oc2nccc(C)c2CN)cc(C)c1Br. The smallest absolute Gasteiger partial charge is 0.223 e. The maximum absolute atomic E-state index is 5.89. The van der Waals surface area contributed by atoms with Gasteiger partial charge in [-0.15, -0.1) is 0 Å². The molecule has 2 aromatic rings. The minimum Gasteiger partial charge on any atom is -0.439 e. The van der Waals surface area contributed by atoms with E-state index >= 15 is 0 Å². The van der Waals surface area contributed by atoms with Crippen LogP contribution in [0.1, 0.15) is 22.3 Å². The molecule has 2 rings (SSSR count). The molecule has 0 aliphatic carbocycles. The molecule has 1 aromatic heterocycles. The summed E-state index contributed by atoms with van der Waals surface area (Å²) in [7, 11) is 0. The summed E-state index contributed by atoms with van der Waals surface area (Å²) in [4.78, 5) is 4.27. The topological polar surface area (TPSA) is 48.1 Å². The number of benzene rings is 1. The average Bonchev–Trinajstić information content (AvgIpc) is 2.36. The molecule has 0 bridgehead atoms. The van der Waals surface area contributed by atoms with Gasteiger partial charge in [0.2, 0.25) is 5.88 Å². The van der Waals surface area contributed by atoms with Gasteiger partial charge in [0, 0.05) is 22.8 Å². The van der Waals surface area contributed by atoms with Crippen molar-refractivity contribution in [3.8, 4) is 11.6 Å². The van der Waals surface area contributed by atoms with Gasteiger partial charge in [0.1, 0.15) is 5.75 Å². The first-order chi connectivity index (χ1) is 9.02. The molecular formula is C15H17BrN2O. The Balaban J connectivity index is 2.39. The van der Waals surface area contributed by atoms with Crippen molar-refractivity contribution in [3.05, 3.63) is 51.1 Å². The van der Waals surface area contributed by atoms with Crippen LogP contribution in [0, 0.1) is 20.8 Å². The molecule has 0 amide bonds. The van der Waals surface area contributed by atoms with Crippen LogP contribution < -0.4 is 10.5 Å². The molecule has 1 heterocycles. The highest BCUT2D eigenvalue weighted by Gasteiger charge is 2.09. The van der Waals surface area contributed by atoms with Crippen molar-refractivity contribution in [3.63, 3.8) is 0 Å². The van der Waals surface area contributed by atoms with Crippen molar-refractivity contribution >= 4 is 15.9 Å². The first kappa shape index (κ1) is 14.0. The van der Waals surface area contributed by atoms with Gasteiger partial charge in [-0.2, -0.15) is 0 Å². The molecule has 0 saturated carbocycles. The lowest BCUT2D eigenvalue weighted by Gasteiger charge is -2.12. The Kier molecular flexibility index (Phi) is 4.22. The van der Waals surface area contributed by atoms with Crippen molar-refractivity contribution in [2.45, 2.75) is 27.3 Å². The van der Waals surface area contributed by atoms with Gasteiger partial charge in [0.25, 0.3) is 0 Å². The van der Waals surface area contributed by atoms with Crippen LogP contribution in [0.15, 0.2) is 28.9 Å². The minimum atomic E-state index is 0.420. The Bertz CT molecular complexity index is 588. The molecule has 100 valence electrons. The molecular weight excluding hydrogens is 304 g/mol. The van der Waals surface area contributed by atoms with E-state index in [4.69, 9.17) is 10.5 Å². The predicted molar refractivity (Wildman–Crippen MR) is 80.6 cm³/mol. The Morgan fingerprint density at radius 1 is 1.16 bits per heavy atom. The van der Waals surface area contributed by atoms with Crippen molar-refractivity contribution in [1.29, 1.82) is 0 Å². The van der Waals surface area contributed by atoms with Crippen LogP contribution in [0.2, 0.25) is 0 Å². The van der Waals surface area contributed by atoms with Gasteiger partial charge in [-0.1, -0.05) is 15.9 Å². The second-order valence-corrected chi connectivity index (χ2v) is 5.38. The molecule has 4 heteroatoms. The van der Waals surface area contributed by atoms with Gasteiger partial charge in [-0.3, -0.25) is 0 Å². The van der Waals surface area contributed by atoms with Crippen LogP contribution in [0.5, 0.6) is 11.6 Å². The monoisotopic (exact) mass is 320 g/mol. The van der Waals surface area contributed by atoms with E-state index in [1.54, 1.807) is 6.20 Å². The van der Waals surface area contributed by atoms with Crippen LogP contribution in [0.4, 0.5) is 0 Å². The molecule has 0 fully saturated rings. The zero-order valence-electron chi connectivity index (χ0n) is 11.3. The van der Waals surface area contributed by atoms with Gasteiger partial charge in [-0.25, -0.2) is 4.98 Å². The molecule has 0 aliphatic rings. The third kappa shape index (κ3) is 2.96. The average molecular weight is 321 g/mol. The number of aromatic nitrogens is 1. The van der Waals surface area contributed by atoms with E-state index in [9.17, 15) is 0 Å². The lowest BCUT2D eigenvalue weighted by molar-refractivity contribution is 0.455. The van der Waals surface area contributed by atoms with Gasteiger partial charge < -0.3 is 10.5 Å². The summed E-state index contributed by atoms with van der Waals surface area (Å²) >= 11 is 3.55. The molecule has 0 saturated heterocycles. The lowest BCUT2D eigenvalue weighted by atomic mass is 10.1. The molecule has 3 nitrogen and oxygen atoms in total. The fourth-order valence-corrected chi connectivity index (χ4v) is 2.21. The van der Waals surface area contributed by atoms with E-state index in [1.165, 1.54) is 0 Å². The molecule has 2 N–H and O–H groups in total. The van der Waals surface area contributed by atoms with Crippen LogP contribution in [-0.4, -0.2) is 4.98 Å². The Labute approximate surface area is 121 Å². The van der Waals surface area contributed by atoms with E-state index in [-0.39, 0.29) is 0 Å². The number of ether oxygens (including phenoxy) is 1. The highest BCUT2D eigenvalue weighted by atomic mass is 79.9. The summed E-state index contributed by atoms with van der Waals surface area (Å²) in [6.07, 6.45) is 1.74. The maximum atomic E-state index is 5.89. The fourth-order valence-electron chi connectivity index (χ4n) is 1.98. The minimum absolute atomic E-state index is 0.420. The summed E-state index contributed by atoms with van der Waals surface area (Å²) in [6, 6.07) is 5.91. The van der Waals surface area contributed by atoms with E-state index in [0.29, 0.717) is 12.4 Å². The first-order valence-electron chi connectivity index (χ1n) is 6.12. The summed E-state index contributed by atoms with van der Waals surface area (Å²) in [6.45, 7) is 6.51. The third-order valence-corrected chi connectivity index (χ3v) is 4.33. The molecule has 0 unspecified atom stereocenters. The molecule has 0 atom stereocenters. The summed E-state index contributed by atoms with van der Waals surface area (Å²) < 4.78 is 6.99. The standard InChI is InChI=1S/C15H17BrN2O/c1-9-4-5-18-15(13(9)8-17)19-12-6-10(2)14(16)11(3)7-12/h4-7H,8,17H2,1-3H3. The van der Waals surface area contributed by atoms with Crippen LogP contribution in [0.25, 0.3) is 0 Å². The molecule has 0 radical (unpaired) electrons. The largest absolute Gasteiger partial charge is 0.439 e. The lowest BCUT2D eigenvalue weighted by Crippen LogP contribution is -2.03. The van der Waals surface area contributed by atoms with Crippen LogP contribution in [0.3, 0.4) is 0 Å². The molecule has 1 aromatic carbocycles. The van der Waals surface area contributed by atoms with E-state index in [1.807, 2.05) is 39.0 Å². The van der Waals surface area contributed by atoms with Crippen LogP contribution >= 0.6 is 15.9 Å². The van der Waals surface area contributed by atoms with Crippen LogP contribution in [-0.2, 0) is 6.54 Å². The number of nitrogens with zero attached hydrogens (tertiary/aromatic N) is 1. The summed E-state index contributed by atoms with van der Waals surface area (Å²) in [5.41, 5.74) is 10.1. The highest BCUT2D eigenvalue weighted by molar-refractivity contribution is 9.10. The van der Waals surface area contributed by atoms with E-state index in [0.717, 1.165) is 32.5 Å². The van der Waals surface area contributed by atoms with Gasteiger partial charge in [-0.05, 0) is 55.7 Å². The fraction of sp³-hybridized carbons (Fsp3) is 0.267. The molecule has 0 spiro atoms. The molecule has 19 heavy (non-hydrogen) atoms. The normalized spacial score (nSPS) is 10.6. The number of halogens is 1. The van der Waals surface area contributed by atoms with E-state index < -0.39 is 0 Å². The second-order valence-electron chi connectivity index (χ2n) is 4.59. The quantitative estimate of drug-likeness (QED) is 0.929. The summed E-state index contributed by atoms with van der Waals surface area (Å²) in [5.74, 6) is 1.37. The van der Waals surface area contributed by atoms with Crippen molar-refractivity contribution in [1.82, 2.24) is 4.98 Å². The number of hydrogen-bond donors (Lipinski definition) is 1. The number of aryl methyl sites for hydroxylation is 3. The van der Waals surface area contributed by atoms with Gasteiger partial charge in [0.15, 0.2) is 0 Å². The second kappa shape index (κ2) is 5.72. The van der Waals surface area contributed by atoms with Crippen molar-refractivity contribution in [2.75, 3.05) is 0 Å². The zero-order valence-corrected chi connectivity index (χ0v) is 12.9. The maximum Gasteiger partial charge on any atom is 0.223 e.